The standard InChI is InChI=1S/C18H15Cl2N3O3S/c1-9(26-15-6-3-11(19)7-13(15)20)17(25)23-18-22-14-5-4-12(21-10(2)24)8-16(14)27-18/h3-9H,1-2H3,(H,21,24)(H,22,23,25)/t9-/m0/s1. The van der Waals surface area contributed by atoms with Crippen molar-refractivity contribution in [2.75, 3.05) is 10.6 Å². The first-order chi connectivity index (χ1) is 12.8. The molecule has 0 fully saturated rings. The number of hydrogen-bond acceptors (Lipinski definition) is 5. The van der Waals surface area contributed by atoms with E-state index in [1.807, 2.05) is 0 Å². The van der Waals surface area contributed by atoms with Crippen molar-refractivity contribution < 1.29 is 14.3 Å². The molecule has 2 aromatic carbocycles. The second-order valence-corrected chi connectivity index (χ2v) is 7.58. The maximum absolute atomic E-state index is 12.4. The SMILES string of the molecule is CC(=O)Nc1ccc2nc(NC(=O)[C@H](C)Oc3ccc(Cl)cc3Cl)sc2c1. The molecule has 27 heavy (non-hydrogen) atoms. The molecule has 3 aromatic rings. The molecule has 0 saturated heterocycles. The Morgan fingerprint density at radius 3 is 2.63 bits per heavy atom. The van der Waals surface area contributed by atoms with Gasteiger partial charge in [0.05, 0.1) is 15.2 Å². The number of thiazole rings is 1. The zero-order valence-electron chi connectivity index (χ0n) is 14.4. The first-order valence-electron chi connectivity index (χ1n) is 7.92. The predicted octanol–water partition coefficient (Wildman–Crippen LogP) is 4.97. The van der Waals surface area contributed by atoms with Crippen molar-refractivity contribution in [2.45, 2.75) is 20.0 Å². The fraction of sp³-hybridized carbons (Fsp3) is 0.167. The highest BCUT2D eigenvalue weighted by molar-refractivity contribution is 7.22. The number of nitrogens with zero attached hydrogens (tertiary/aromatic N) is 1. The van der Waals surface area contributed by atoms with Crippen molar-refractivity contribution in [3.8, 4) is 5.75 Å². The summed E-state index contributed by atoms with van der Waals surface area (Å²) in [5.74, 6) is -0.144. The van der Waals surface area contributed by atoms with Crippen LogP contribution in [0.2, 0.25) is 10.0 Å². The third-order valence-electron chi connectivity index (χ3n) is 3.51. The van der Waals surface area contributed by atoms with E-state index in [9.17, 15) is 9.59 Å². The summed E-state index contributed by atoms with van der Waals surface area (Å²) in [6, 6.07) is 10.1. The zero-order chi connectivity index (χ0) is 19.6. The van der Waals surface area contributed by atoms with Gasteiger partial charge in [-0.15, -0.1) is 0 Å². The number of aromatic nitrogens is 1. The highest BCUT2D eigenvalue weighted by Crippen LogP contribution is 2.30. The summed E-state index contributed by atoms with van der Waals surface area (Å²) < 4.78 is 6.44. The van der Waals surface area contributed by atoms with Crippen LogP contribution in [0.4, 0.5) is 10.8 Å². The van der Waals surface area contributed by atoms with Gasteiger partial charge in [-0.25, -0.2) is 4.98 Å². The number of benzene rings is 2. The van der Waals surface area contributed by atoms with Crippen molar-refractivity contribution in [3.05, 3.63) is 46.4 Å². The summed E-state index contributed by atoms with van der Waals surface area (Å²) in [4.78, 5) is 27.9. The van der Waals surface area contributed by atoms with Crippen LogP contribution >= 0.6 is 34.5 Å². The monoisotopic (exact) mass is 423 g/mol. The molecular formula is C18H15Cl2N3O3S. The van der Waals surface area contributed by atoms with Crippen LogP contribution in [0.15, 0.2) is 36.4 Å². The lowest BCUT2D eigenvalue weighted by atomic mass is 10.3. The Balaban J connectivity index is 1.70. The number of amides is 2. The number of halogens is 2. The molecule has 0 aliphatic rings. The second kappa shape index (κ2) is 8.12. The van der Waals surface area contributed by atoms with Gasteiger partial charge in [0.1, 0.15) is 5.75 Å². The van der Waals surface area contributed by atoms with E-state index < -0.39 is 6.10 Å². The van der Waals surface area contributed by atoms with Crippen molar-refractivity contribution in [2.24, 2.45) is 0 Å². The summed E-state index contributed by atoms with van der Waals surface area (Å²) in [7, 11) is 0. The zero-order valence-corrected chi connectivity index (χ0v) is 16.7. The Kier molecular flexibility index (Phi) is 5.84. The van der Waals surface area contributed by atoms with Crippen LogP contribution in [0.3, 0.4) is 0 Å². The van der Waals surface area contributed by atoms with Crippen molar-refractivity contribution >= 4 is 67.4 Å². The van der Waals surface area contributed by atoms with Crippen molar-refractivity contribution in [1.82, 2.24) is 4.98 Å². The molecule has 0 unspecified atom stereocenters. The van der Waals surface area contributed by atoms with E-state index in [4.69, 9.17) is 27.9 Å². The van der Waals surface area contributed by atoms with Gasteiger partial charge < -0.3 is 10.1 Å². The predicted molar refractivity (Wildman–Crippen MR) is 109 cm³/mol. The van der Waals surface area contributed by atoms with Gasteiger partial charge in [-0.2, -0.15) is 0 Å². The lowest BCUT2D eigenvalue weighted by Gasteiger charge is -2.14. The van der Waals surface area contributed by atoms with Gasteiger partial charge in [-0.05, 0) is 43.3 Å². The highest BCUT2D eigenvalue weighted by Gasteiger charge is 2.18. The third kappa shape index (κ3) is 4.88. The number of anilines is 2. The summed E-state index contributed by atoms with van der Waals surface area (Å²) in [5.41, 5.74) is 1.39. The minimum atomic E-state index is -0.786. The number of hydrogen-bond donors (Lipinski definition) is 2. The van der Waals surface area contributed by atoms with Gasteiger partial charge in [0.25, 0.3) is 5.91 Å². The molecule has 1 heterocycles. The Hall–Kier alpha value is -2.35. The van der Waals surface area contributed by atoms with Gasteiger partial charge in [0.2, 0.25) is 5.91 Å². The van der Waals surface area contributed by atoms with Crippen molar-refractivity contribution in [3.63, 3.8) is 0 Å². The van der Waals surface area contributed by atoms with Crippen molar-refractivity contribution in [1.29, 1.82) is 0 Å². The molecule has 0 aliphatic heterocycles. The minimum absolute atomic E-state index is 0.153. The Morgan fingerprint density at radius 2 is 1.93 bits per heavy atom. The summed E-state index contributed by atoms with van der Waals surface area (Å²) in [5, 5.41) is 6.69. The van der Waals surface area contributed by atoms with E-state index in [1.165, 1.54) is 18.3 Å². The maximum atomic E-state index is 12.4. The average Bonchev–Trinajstić information content (AvgIpc) is 2.98. The largest absolute Gasteiger partial charge is 0.479 e. The molecule has 2 N–H and O–H groups in total. The molecule has 1 atom stereocenters. The fourth-order valence-electron chi connectivity index (χ4n) is 2.28. The molecule has 6 nitrogen and oxygen atoms in total. The Morgan fingerprint density at radius 1 is 1.15 bits per heavy atom. The van der Waals surface area contributed by atoms with E-state index >= 15 is 0 Å². The van der Waals surface area contributed by atoms with Gasteiger partial charge in [0.15, 0.2) is 11.2 Å². The van der Waals surface area contributed by atoms with E-state index in [1.54, 1.807) is 43.3 Å². The van der Waals surface area contributed by atoms with E-state index in [-0.39, 0.29) is 11.8 Å². The summed E-state index contributed by atoms with van der Waals surface area (Å²) in [6.07, 6.45) is -0.786. The van der Waals surface area contributed by atoms with Crippen LogP contribution < -0.4 is 15.4 Å². The first-order valence-corrected chi connectivity index (χ1v) is 9.50. The van der Waals surface area contributed by atoms with Gasteiger partial charge in [-0.3, -0.25) is 14.9 Å². The lowest BCUT2D eigenvalue weighted by Crippen LogP contribution is -2.30. The highest BCUT2D eigenvalue weighted by atomic mass is 35.5. The number of fused-ring (bicyclic) bond motifs is 1. The molecule has 0 bridgehead atoms. The normalized spacial score (nSPS) is 11.9. The van der Waals surface area contributed by atoms with Gasteiger partial charge in [-0.1, -0.05) is 34.5 Å². The van der Waals surface area contributed by atoms with E-state index in [0.29, 0.717) is 26.6 Å². The molecule has 0 spiro atoms. The van der Waals surface area contributed by atoms with Crippen LogP contribution in [-0.2, 0) is 9.59 Å². The number of ether oxygens (including phenoxy) is 1. The van der Waals surface area contributed by atoms with E-state index in [0.717, 1.165) is 10.2 Å². The first kappa shape index (κ1) is 19.4. The second-order valence-electron chi connectivity index (χ2n) is 5.71. The molecule has 2 amide bonds. The summed E-state index contributed by atoms with van der Waals surface area (Å²) >= 11 is 13.2. The number of carbonyl (C=O) groups excluding carboxylic acids is 2. The van der Waals surface area contributed by atoms with Crippen LogP contribution in [0, 0.1) is 0 Å². The van der Waals surface area contributed by atoms with E-state index in [2.05, 4.69) is 15.6 Å². The molecule has 0 radical (unpaired) electrons. The molecule has 1 aromatic heterocycles. The van der Waals surface area contributed by atoms with Crippen LogP contribution in [-0.4, -0.2) is 22.9 Å². The van der Waals surface area contributed by atoms with Gasteiger partial charge >= 0.3 is 0 Å². The minimum Gasteiger partial charge on any atom is -0.479 e. The topological polar surface area (TPSA) is 80.3 Å². The smallest absolute Gasteiger partial charge is 0.266 e. The lowest BCUT2D eigenvalue weighted by molar-refractivity contribution is -0.122. The fourth-order valence-corrected chi connectivity index (χ4v) is 3.64. The molecule has 0 aliphatic carbocycles. The number of nitrogens with one attached hydrogen (secondary N) is 2. The molecule has 9 heteroatoms. The van der Waals surface area contributed by atoms with Crippen LogP contribution in [0.1, 0.15) is 13.8 Å². The number of rotatable bonds is 5. The molecule has 3 rings (SSSR count). The maximum Gasteiger partial charge on any atom is 0.266 e. The molecule has 0 saturated carbocycles. The van der Waals surface area contributed by atoms with Crippen LogP contribution in [0.5, 0.6) is 5.75 Å². The Bertz CT molecular complexity index is 1020. The van der Waals surface area contributed by atoms with Crippen LogP contribution in [0.25, 0.3) is 10.2 Å². The molecule has 140 valence electrons. The quantitative estimate of drug-likeness (QED) is 0.606. The third-order valence-corrected chi connectivity index (χ3v) is 4.97. The number of carbonyl (C=O) groups is 2. The Labute approximate surface area is 169 Å². The molecular weight excluding hydrogens is 409 g/mol. The van der Waals surface area contributed by atoms with Gasteiger partial charge in [0, 0.05) is 17.6 Å². The summed E-state index contributed by atoms with van der Waals surface area (Å²) in [6.45, 7) is 3.05. The average molecular weight is 424 g/mol.